The normalized spacial score (nSPS) is 11.6. The van der Waals surface area contributed by atoms with Gasteiger partial charge in [0.25, 0.3) is 0 Å². The van der Waals surface area contributed by atoms with E-state index in [1.165, 1.54) is 17.1 Å². The van der Waals surface area contributed by atoms with Gasteiger partial charge in [0.1, 0.15) is 13.4 Å². The van der Waals surface area contributed by atoms with Gasteiger partial charge in [-0.1, -0.05) is 0 Å². The van der Waals surface area contributed by atoms with Gasteiger partial charge in [-0.3, -0.25) is 14.6 Å². The number of nitrogens with zero attached hydrogens (tertiary/aromatic N) is 3. The molecule has 0 aliphatic carbocycles. The predicted octanol–water partition coefficient (Wildman–Crippen LogP) is -1.13. The fourth-order valence-electron chi connectivity index (χ4n) is 1.17. The molecule has 0 unspecified atom stereocenters. The van der Waals surface area contributed by atoms with E-state index in [0.29, 0.717) is 0 Å². The van der Waals surface area contributed by atoms with Gasteiger partial charge >= 0.3 is 0 Å². The van der Waals surface area contributed by atoms with Crippen LogP contribution >= 0.6 is 0 Å². The Morgan fingerprint density at radius 1 is 1.33 bits per heavy atom. The Labute approximate surface area is 104 Å². The summed E-state index contributed by atoms with van der Waals surface area (Å²) in [5, 5.41) is 38.9. The number of nitrogens with one attached hydrogen (secondary N) is 1. The van der Waals surface area contributed by atoms with Gasteiger partial charge in [0.05, 0.1) is 6.61 Å². The quantitative estimate of drug-likeness (QED) is 0.227. The number of aromatic hydroxyl groups is 2. The Hall–Kier alpha value is -1.36. The highest BCUT2D eigenvalue weighted by molar-refractivity contribution is 5.23. The molecule has 1 rings (SSSR count). The Morgan fingerprint density at radius 2 is 1.94 bits per heavy atom. The van der Waals surface area contributed by atoms with Crippen LogP contribution in [-0.2, 0) is 11.6 Å². The third-order valence-corrected chi connectivity index (χ3v) is 2.25. The molecule has 0 saturated heterocycles. The van der Waals surface area contributed by atoms with E-state index in [1.54, 1.807) is 7.05 Å². The molecular weight excluding hydrogens is 244 g/mol. The maximum absolute atomic E-state index is 9.42. The number of aromatic nitrogens is 1. The van der Waals surface area contributed by atoms with Gasteiger partial charge in [0, 0.05) is 25.7 Å². The van der Waals surface area contributed by atoms with Crippen LogP contribution in [0.25, 0.3) is 0 Å². The summed E-state index contributed by atoms with van der Waals surface area (Å²) >= 11 is 0. The lowest BCUT2D eigenvalue weighted by Gasteiger charge is -2.25. The molecule has 0 aliphatic rings. The molecule has 1 aromatic rings. The fourth-order valence-corrected chi connectivity index (χ4v) is 1.17. The summed E-state index contributed by atoms with van der Waals surface area (Å²) in [6, 6.07) is 2.65. The van der Waals surface area contributed by atoms with Crippen molar-refractivity contribution in [2.45, 2.75) is 6.73 Å². The van der Waals surface area contributed by atoms with Crippen molar-refractivity contribution in [3.05, 3.63) is 12.1 Å². The van der Waals surface area contributed by atoms with E-state index >= 15 is 0 Å². The number of aliphatic hydroxyl groups excluding tert-OH is 1. The molecule has 18 heavy (non-hydrogen) atoms. The number of rotatable bonds is 8. The molecule has 1 heterocycles. The predicted molar refractivity (Wildman–Crippen MR) is 60.2 cm³/mol. The SMILES string of the molecule is CN(CCO)N(O)CNOCn1c(O)ccc1O. The van der Waals surface area contributed by atoms with Crippen molar-refractivity contribution in [2.75, 3.05) is 26.9 Å². The Bertz CT molecular complexity index is 339. The van der Waals surface area contributed by atoms with Crippen LogP contribution in [0, 0.1) is 0 Å². The first-order valence-corrected chi connectivity index (χ1v) is 5.26. The topological polar surface area (TPSA) is 114 Å². The molecule has 0 radical (unpaired) electrons. The number of likely N-dealkylation sites (N-methyl/N-ethyl adjacent to an activating group) is 1. The van der Waals surface area contributed by atoms with Crippen molar-refractivity contribution in [1.82, 2.24) is 20.2 Å². The second kappa shape index (κ2) is 7.16. The van der Waals surface area contributed by atoms with E-state index in [9.17, 15) is 15.4 Å². The van der Waals surface area contributed by atoms with Crippen LogP contribution in [0.1, 0.15) is 0 Å². The summed E-state index contributed by atoms with van der Waals surface area (Å²) in [6.07, 6.45) is 0. The molecule has 5 N–H and O–H groups in total. The highest BCUT2D eigenvalue weighted by Crippen LogP contribution is 2.19. The Balaban J connectivity index is 2.23. The summed E-state index contributed by atoms with van der Waals surface area (Å²) in [5.41, 5.74) is 2.43. The third-order valence-electron chi connectivity index (χ3n) is 2.25. The summed E-state index contributed by atoms with van der Waals surface area (Å²) in [7, 11) is 1.58. The van der Waals surface area contributed by atoms with E-state index in [2.05, 4.69) is 5.48 Å². The third kappa shape index (κ3) is 4.14. The van der Waals surface area contributed by atoms with Gasteiger partial charge in [-0.15, -0.1) is 5.17 Å². The van der Waals surface area contributed by atoms with Crippen molar-refractivity contribution in [3.63, 3.8) is 0 Å². The van der Waals surface area contributed by atoms with E-state index in [-0.39, 0.29) is 38.3 Å². The Morgan fingerprint density at radius 3 is 2.50 bits per heavy atom. The van der Waals surface area contributed by atoms with Gasteiger partial charge in [-0.25, -0.2) is 5.01 Å². The molecule has 0 aromatic carbocycles. The highest BCUT2D eigenvalue weighted by atomic mass is 16.7. The molecule has 0 saturated carbocycles. The van der Waals surface area contributed by atoms with E-state index < -0.39 is 0 Å². The maximum atomic E-state index is 9.42. The standard InChI is InChI=1S/C9H18N4O5/c1-11(4-5-14)13(17)6-10-18-7-12-8(15)2-3-9(12)16/h2-3,10,14-17H,4-7H2,1H3. The van der Waals surface area contributed by atoms with Crippen LogP contribution in [0.4, 0.5) is 0 Å². The number of hydrogen-bond donors (Lipinski definition) is 5. The number of hydrogen-bond acceptors (Lipinski definition) is 8. The Kier molecular flexibility index (Phi) is 5.85. The average Bonchev–Trinajstić information content (AvgIpc) is 2.65. The van der Waals surface area contributed by atoms with Gasteiger partial charge in [0.15, 0.2) is 11.8 Å². The lowest BCUT2D eigenvalue weighted by molar-refractivity contribution is -0.257. The van der Waals surface area contributed by atoms with Crippen LogP contribution in [0.3, 0.4) is 0 Å². The summed E-state index contributed by atoms with van der Waals surface area (Å²) < 4.78 is 1.12. The van der Waals surface area contributed by atoms with Crippen LogP contribution in [-0.4, -0.2) is 62.1 Å². The first-order chi connectivity index (χ1) is 8.56. The van der Waals surface area contributed by atoms with Crippen LogP contribution in [0.15, 0.2) is 12.1 Å². The summed E-state index contributed by atoms with van der Waals surface area (Å²) in [6.45, 7) is 0.0262. The van der Waals surface area contributed by atoms with Crippen LogP contribution < -0.4 is 5.48 Å². The first-order valence-electron chi connectivity index (χ1n) is 5.26. The largest absolute Gasteiger partial charge is 0.494 e. The monoisotopic (exact) mass is 262 g/mol. The van der Waals surface area contributed by atoms with Crippen molar-refractivity contribution in [1.29, 1.82) is 0 Å². The van der Waals surface area contributed by atoms with Crippen molar-refractivity contribution >= 4 is 0 Å². The van der Waals surface area contributed by atoms with Gasteiger partial charge in [0.2, 0.25) is 0 Å². The lowest BCUT2D eigenvalue weighted by Crippen LogP contribution is -2.44. The summed E-state index contributed by atoms with van der Waals surface area (Å²) in [5.74, 6) is -0.264. The molecule has 0 fully saturated rings. The molecule has 9 nitrogen and oxygen atoms in total. The van der Waals surface area contributed by atoms with Crippen LogP contribution in [0.5, 0.6) is 11.8 Å². The molecular formula is C9H18N4O5. The zero-order chi connectivity index (χ0) is 13.5. The van der Waals surface area contributed by atoms with Crippen molar-refractivity contribution in [3.8, 4) is 11.8 Å². The zero-order valence-corrected chi connectivity index (χ0v) is 10.0. The summed E-state index contributed by atoms with van der Waals surface area (Å²) in [4.78, 5) is 4.94. The average molecular weight is 262 g/mol. The minimum absolute atomic E-state index is 0.0424. The van der Waals surface area contributed by atoms with Gasteiger partial charge in [-0.2, -0.15) is 5.48 Å². The molecule has 104 valence electrons. The number of hydroxylamine groups is 2. The number of aliphatic hydroxyl groups is 1. The molecule has 9 heteroatoms. The highest BCUT2D eigenvalue weighted by Gasteiger charge is 2.08. The fraction of sp³-hybridized carbons (Fsp3) is 0.556. The van der Waals surface area contributed by atoms with Gasteiger partial charge in [-0.05, 0) is 0 Å². The molecule has 0 atom stereocenters. The van der Waals surface area contributed by atoms with E-state index in [4.69, 9.17) is 9.94 Å². The smallest absolute Gasteiger partial charge is 0.195 e. The molecule has 0 bridgehead atoms. The maximum Gasteiger partial charge on any atom is 0.195 e. The van der Waals surface area contributed by atoms with Crippen molar-refractivity contribution in [2.24, 2.45) is 0 Å². The second-order valence-corrected chi connectivity index (χ2v) is 3.53. The minimum Gasteiger partial charge on any atom is -0.494 e. The molecule has 1 aromatic heterocycles. The lowest BCUT2D eigenvalue weighted by atomic mass is 10.6. The first kappa shape index (κ1) is 14.7. The van der Waals surface area contributed by atoms with Crippen molar-refractivity contribution < 1.29 is 25.4 Å². The minimum atomic E-state index is -0.132. The zero-order valence-electron chi connectivity index (χ0n) is 10.0. The second-order valence-electron chi connectivity index (χ2n) is 3.53. The molecule has 0 aliphatic heterocycles. The van der Waals surface area contributed by atoms with Crippen LogP contribution in [0.2, 0.25) is 0 Å². The number of hydrazine groups is 1. The molecule has 0 amide bonds. The van der Waals surface area contributed by atoms with E-state index in [1.807, 2.05) is 0 Å². The van der Waals surface area contributed by atoms with E-state index in [0.717, 1.165) is 9.74 Å². The molecule has 0 spiro atoms. The van der Waals surface area contributed by atoms with Gasteiger partial charge < -0.3 is 15.3 Å².